The molecule has 0 rings (SSSR count). The van der Waals surface area contributed by atoms with Crippen LogP contribution in [0.2, 0.25) is 25.7 Å². The minimum absolute atomic E-state index is 0.0209. The van der Waals surface area contributed by atoms with Crippen LogP contribution in [0.1, 0.15) is 53.9 Å². The van der Waals surface area contributed by atoms with E-state index in [1.807, 2.05) is 25.0 Å². The van der Waals surface area contributed by atoms with Crippen molar-refractivity contribution in [2.75, 3.05) is 26.3 Å². The maximum absolute atomic E-state index is 14.0. The maximum Gasteiger partial charge on any atom is 0.328 e. The van der Waals surface area contributed by atoms with Gasteiger partial charge in [-0.1, -0.05) is 60.3 Å². The second kappa shape index (κ2) is 27.1. The predicted octanol–water partition coefficient (Wildman–Crippen LogP) is -5.01. The van der Waals surface area contributed by atoms with Crippen LogP contribution in [0.5, 0.6) is 0 Å². The predicted molar refractivity (Wildman–Crippen MR) is 225 cm³/mol. The van der Waals surface area contributed by atoms with Crippen LogP contribution in [-0.2, 0) is 38.4 Å². The number of carbonyl (C=O) groups is 8. The molecular formula is C37H70N10O13Si. The first-order chi connectivity index (χ1) is 28.2. The summed E-state index contributed by atoms with van der Waals surface area (Å²) in [7, 11) is -2.08. The summed E-state index contributed by atoms with van der Waals surface area (Å²) in [4.78, 5) is 104. The lowest BCUT2D eigenvalue weighted by atomic mass is 9.96. The first-order valence-electron chi connectivity index (χ1n) is 20.0. The fourth-order valence-electron chi connectivity index (χ4n) is 5.53. The summed E-state index contributed by atoms with van der Waals surface area (Å²) < 4.78 is 0. The molecule has 0 aliphatic heterocycles. The molecule has 61 heavy (non-hydrogen) atoms. The number of carboxylic acid groups (broad SMARTS) is 1. The van der Waals surface area contributed by atoms with Crippen molar-refractivity contribution in [3.63, 3.8) is 0 Å². The third kappa shape index (κ3) is 21.0. The Labute approximate surface area is 357 Å². The summed E-state index contributed by atoms with van der Waals surface area (Å²) >= 11 is 0. The number of aliphatic hydroxyl groups excluding tert-OH is 4. The van der Waals surface area contributed by atoms with E-state index in [1.165, 1.54) is 6.92 Å². The van der Waals surface area contributed by atoms with Crippen molar-refractivity contribution in [1.82, 2.24) is 42.5 Å². The van der Waals surface area contributed by atoms with Crippen molar-refractivity contribution in [1.29, 1.82) is 0 Å². The number of hydrogen-bond donors (Lipinski definition) is 15. The van der Waals surface area contributed by atoms with Gasteiger partial charge in [0.1, 0.15) is 42.3 Å². The highest BCUT2D eigenvalue weighted by atomic mass is 28.3. The number of hydrogen-bond acceptors (Lipinski definition) is 15. The fourth-order valence-corrected chi connectivity index (χ4v) is 7.05. The Balaban J connectivity index is 6.24. The normalized spacial score (nSPS) is 16.4. The minimum atomic E-state index is -2.08. The molecule has 0 saturated heterocycles. The zero-order valence-electron chi connectivity index (χ0n) is 36.4. The van der Waals surface area contributed by atoms with Crippen LogP contribution in [0.4, 0.5) is 0 Å². The molecule has 0 radical (unpaired) electrons. The molecule has 0 aromatic rings. The highest BCUT2D eigenvalue weighted by molar-refractivity contribution is 6.76. The van der Waals surface area contributed by atoms with Gasteiger partial charge in [-0.3, -0.25) is 33.6 Å². The molecule has 0 aliphatic rings. The molecule has 17 N–H and O–H groups in total. The number of carboxylic acids is 1. The van der Waals surface area contributed by atoms with Crippen molar-refractivity contribution in [3.05, 3.63) is 12.4 Å². The molecule has 23 nitrogen and oxygen atoms in total. The molecule has 0 saturated carbocycles. The van der Waals surface area contributed by atoms with E-state index in [2.05, 4.69) is 43.8 Å². The SMILES string of the molecule is C=C(N)NCCC[C@@H](NC(=O)[C@H](C[Si](C)(C)C)NC(=O)[C@@H](N)[C@H](O)C(C)C)C(=O)N[C@H](C(=O)N[C@H](C(=O)NCC(=O)N[C@@H](CO)C(=O)N[C@@H](CO)C(=O)O)[C@H](C)O)[C@@H](C)CC. The molecule has 0 spiro atoms. The van der Waals surface area contributed by atoms with Gasteiger partial charge in [0, 0.05) is 14.6 Å². The van der Waals surface area contributed by atoms with Gasteiger partial charge in [-0.25, -0.2) is 4.79 Å². The number of carbonyl (C=O) groups excluding carboxylic acids is 7. The average Bonchev–Trinajstić information content (AvgIpc) is 3.17. The average molecular weight is 891 g/mol. The van der Waals surface area contributed by atoms with Gasteiger partial charge in [-0.2, -0.15) is 0 Å². The monoisotopic (exact) mass is 890 g/mol. The molecule has 0 heterocycles. The molecule has 0 aromatic carbocycles. The van der Waals surface area contributed by atoms with E-state index < -0.39 is 136 Å². The Hall–Kier alpha value is -4.88. The third-order valence-corrected chi connectivity index (χ3v) is 11.0. The molecule has 10 atom stereocenters. The molecule has 24 heteroatoms. The Morgan fingerprint density at radius 1 is 0.672 bits per heavy atom. The number of aliphatic carboxylic acids is 1. The van der Waals surface area contributed by atoms with Crippen molar-refractivity contribution in [2.45, 2.75) is 134 Å². The molecule has 0 aliphatic carbocycles. The first kappa shape index (κ1) is 56.1. The second-order valence-corrected chi connectivity index (χ2v) is 22.0. The summed E-state index contributed by atoms with van der Waals surface area (Å²) in [6, 6.07) is -9.89. The van der Waals surface area contributed by atoms with E-state index in [9.17, 15) is 53.7 Å². The maximum atomic E-state index is 14.0. The van der Waals surface area contributed by atoms with Crippen LogP contribution < -0.4 is 54.0 Å². The highest BCUT2D eigenvalue weighted by Gasteiger charge is 2.37. The highest BCUT2D eigenvalue weighted by Crippen LogP contribution is 2.15. The van der Waals surface area contributed by atoms with Gasteiger partial charge in [0.05, 0.1) is 37.8 Å². The first-order valence-corrected chi connectivity index (χ1v) is 23.7. The van der Waals surface area contributed by atoms with Crippen LogP contribution >= 0.6 is 0 Å². The molecule has 7 amide bonds. The smallest absolute Gasteiger partial charge is 0.328 e. The Bertz CT molecular complexity index is 1510. The van der Waals surface area contributed by atoms with Crippen molar-refractivity contribution >= 4 is 55.4 Å². The van der Waals surface area contributed by atoms with E-state index in [4.69, 9.17) is 21.7 Å². The van der Waals surface area contributed by atoms with E-state index in [0.717, 1.165) is 0 Å². The van der Waals surface area contributed by atoms with Gasteiger partial charge in [0.15, 0.2) is 0 Å². The van der Waals surface area contributed by atoms with E-state index in [1.54, 1.807) is 27.7 Å². The van der Waals surface area contributed by atoms with Gasteiger partial charge in [-0.15, -0.1) is 0 Å². The van der Waals surface area contributed by atoms with Gasteiger partial charge >= 0.3 is 5.97 Å². The second-order valence-electron chi connectivity index (χ2n) is 16.4. The fraction of sp³-hybridized carbons (Fsp3) is 0.730. The summed E-state index contributed by atoms with van der Waals surface area (Å²) in [5, 5.41) is 67.9. The standard InChI is InChI=1S/C37H70N10O13Si/c1-10-19(4)28(36(58)47-29(20(5)50)35(57)41-14-26(51)42-23(15-48)32(54)44-24(16-49)37(59)60)46-31(53)22(12-11-13-40-21(6)38)43-33(55)25(17-61(7,8)9)45-34(56)27(39)30(52)18(2)3/h18-20,22-25,27-30,40,48-50,52H,6,10-17,38-39H2,1-5,7-9H3,(H,41,57)(H,42,51)(H,43,55)(H,44,54)(H,45,56)(H,46,53)(H,47,58)(H,59,60)/t19-,20-,22+,23-,24-,25-,27-,28-,29-,30+/m0/s1. The molecular weight excluding hydrogens is 821 g/mol. The van der Waals surface area contributed by atoms with Crippen LogP contribution in [0.25, 0.3) is 0 Å². The topological polar surface area (TPSA) is 386 Å². The van der Waals surface area contributed by atoms with Crippen LogP contribution in [-0.4, -0.2) is 162 Å². The number of amides is 7. The zero-order valence-corrected chi connectivity index (χ0v) is 37.4. The van der Waals surface area contributed by atoms with E-state index >= 15 is 0 Å². The lowest BCUT2D eigenvalue weighted by molar-refractivity contribution is -0.143. The summed E-state index contributed by atoms with van der Waals surface area (Å²) in [6.45, 7) is 14.9. The van der Waals surface area contributed by atoms with Gasteiger partial charge < -0.3 is 79.5 Å². The van der Waals surface area contributed by atoms with E-state index in [0.29, 0.717) is 6.42 Å². The van der Waals surface area contributed by atoms with Crippen LogP contribution in [0.3, 0.4) is 0 Å². The number of nitrogens with one attached hydrogen (secondary N) is 8. The van der Waals surface area contributed by atoms with Gasteiger partial charge in [0.25, 0.3) is 0 Å². The largest absolute Gasteiger partial charge is 0.480 e. The number of nitrogens with two attached hydrogens (primary N) is 2. The summed E-state index contributed by atoms with van der Waals surface area (Å²) in [5.74, 6) is -8.74. The zero-order chi connectivity index (χ0) is 47.4. The van der Waals surface area contributed by atoms with Gasteiger partial charge in [0.2, 0.25) is 41.4 Å². The van der Waals surface area contributed by atoms with Gasteiger partial charge in [-0.05, 0) is 37.6 Å². The Morgan fingerprint density at radius 3 is 1.66 bits per heavy atom. The Morgan fingerprint density at radius 2 is 1.18 bits per heavy atom. The molecule has 0 bridgehead atoms. The molecule has 0 fully saturated rings. The van der Waals surface area contributed by atoms with Crippen LogP contribution in [0.15, 0.2) is 12.4 Å². The van der Waals surface area contributed by atoms with E-state index in [-0.39, 0.29) is 37.2 Å². The summed E-state index contributed by atoms with van der Waals surface area (Å²) in [5.41, 5.74) is 11.6. The minimum Gasteiger partial charge on any atom is -0.480 e. The lowest BCUT2D eigenvalue weighted by Crippen LogP contribution is -2.62. The lowest BCUT2D eigenvalue weighted by Gasteiger charge is -2.31. The third-order valence-electron chi connectivity index (χ3n) is 9.37. The van der Waals surface area contributed by atoms with Crippen molar-refractivity contribution in [3.8, 4) is 0 Å². The summed E-state index contributed by atoms with van der Waals surface area (Å²) in [6.07, 6.45) is -2.11. The molecule has 350 valence electrons. The molecule has 0 aromatic heterocycles. The number of aliphatic hydroxyl groups is 4. The van der Waals surface area contributed by atoms with Crippen LogP contribution in [0, 0.1) is 11.8 Å². The quantitative estimate of drug-likeness (QED) is 0.0247. The molecule has 0 unspecified atom stereocenters. The Kier molecular flexibility index (Phi) is 25.0. The van der Waals surface area contributed by atoms with Crippen molar-refractivity contribution in [2.24, 2.45) is 23.3 Å². The van der Waals surface area contributed by atoms with Crippen molar-refractivity contribution < 1.29 is 63.9 Å². The number of rotatable bonds is 29.